The van der Waals surface area contributed by atoms with Crippen molar-refractivity contribution in [1.29, 1.82) is 0 Å². The summed E-state index contributed by atoms with van der Waals surface area (Å²) >= 11 is 2.89. The topological polar surface area (TPSA) is 79.8 Å². The van der Waals surface area contributed by atoms with E-state index in [1.165, 1.54) is 27.0 Å². The summed E-state index contributed by atoms with van der Waals surface area (Å²) < 4.78 is 32.6. The van der Waals surface area contributed by atoms with Crippen LogP contribution in [0.3, 0.4) is 0 Å². The maximum absolute atomic E-state index is 13.0. The molecule has 0 bridgehead atoms. The predicted octanol–water partition coefficient (Wildman–Crippen LogP) is 3.64. The number of thiazole rings is 1. The van der Waals surface area contributed by atoms with Crippen molar-refractivity contribution >= 4 is 38.6 Å². The highest BCUT2D eigenvalue weighted by Crippen LogP contribution is 2.29. The number of carbonyl (C=O) groups excluding carboxylic acids is 1. The molecule has 0 radical (unpaired) electrons. The zero-order chi connectivity index (χ0) is 22.2. The van der Waals surface area contributed by atoms with Crippen LogP contribution in [0.1, 0.15) is 20.2 Å². The van der Waals surface area contributed by atoms with Crippen LogP contribution in [0.15, 0.2) is 40.6 Å². The van der Waals surface area contributed by atoms with Gasteiger partial charge in [0.05, 0.1) is 12.0 Å². The smallest absolute Gasteiger partial charge is 0.273 e. The number of piperazine rings is 1. The van der Waals surface area contributed by atoms with Gasteiger partial charge in [-0.2, -0.15) is 4.31 Å². The van der Waals surface area contributed by atoms with Gasteiger partial charge in [0, 0.05) is 46.9 Å². The van der Waals surface area contributed by atoms with Crippen LogP contribution in [-0.4, -0.2) is 61.8 Å². The Balaban J connectivity index is 1.43. The number of hydrogen-bond donors (Lipinski definition) is 0. The number of carbonyl (C=O) groups is 1. The Hall–Kier alpha value is -2.27. The van der Waals surface area contributed by atoms with Gasteiger partial charge in [0.15, 0.2) is 0 Å². The summed E-state index contributed by atoms with van der Waals surface area (Å²) in [4.78, 5) is 21.2. The summed E-state index contributed by atoms with van der Waals surface area (Å²) in [5, 5.41) is 2.51. The molecule has 0 N–H and O–H groups in total. The molecule has 164 valence electrons. The Kier molecular flexibility index (Phi) is 6.16. The summed E-state index contributed by atoms with van der Waals surface area (Å²) in [6, 6.07) is 9.25. The normalized spacial score (nSPS) is 15.3. The largest absolute Gasteiger partial charge is 0.497 e. The van der Waals surface area contributed by atoms with Gasteiger partial charge in [-0.1, -0.05) is 0 Å². The number of ether oxygens (including phenoxy) is 1. The maximum Gasteiger partial charge on any atom is 0.273 e. The Labute approximate surface area is 190 Å². The van der Waals surface area contributed by atoms with Crippen LogP contribution >= 0.6 is 22.7 Å². The molecule has 1 aromatic carbocycles. The first-order valence-corrected chi connectivity index (χ1v) is 12.9. The van der Waals surface area contributed by atoms with Gasteiger partial charge in [-0.15, -0.1) is 22.7 Å². The predicted molar refractivity (Wildman–Crippen MR) is 123 cm³/mol. The quantitative estimate of drug-likeness (QED) is 0.561. The molecule has 0 saturated carbocycles. The van der Waals surface area contributed by atoms with Crippen LogP contribution in [0.5, 0.6) is 5.75 Å². The first-order valence-electron chi connectivity index (χ1n) is 9.76. The van der Waals surface area contributed by atoms with Crippen molar-refractivity contribution in [3.63, 3.8) is 0 Å². The number of nitrogens with zero attached hydrogens (tertiary/aromatic N) is 3. The lowest BCUT2D eigenvalue weighted by molar-refractivity contribution is 0.0693. The Morgan fingerprint density at radius 2 is 1.77 bits per heavy atom. The SMILES string of the molecule is COc1ccc(-c2nc(C(=O)N3CCN(S(=O)(=O)c4cc(C)sc4C)CC3)cs2)cc1. The van der Waals surface area contributed by atoms with Crippen molar-refractivity contribution in [2.75, 3.05) is 33.3 Å². The number of sulfonamides is 1. The van der Waals surface area contributed by atoms with Gasteiger partial charge in [0.25, 0.3) is 5.91 Å². The first-order chi connectivity index (χ1) is 14.8. The van der Waals surface area contributed by atoms with E-state index in [-0.39, 0.29) is 19.0 Å². The average Bonchev–Trinajstić information content (AvgIpc) is 3.40. The van der Waals surface area contributed by atoms with Crippen molar-refractivity contribution in [1.82, 2.24) is 14.2 Å². The molecule has 0 atom stereocenters. The van der Waals surface area contributed by atoms with Crippen molar-refractivity contribution in [2.24, 2.45) is 0 Å². The molecule has 0 aliphatic carbocycles. The molecule has 10 heteroatoms. The van der Waals surface area contributed by atoms with Crippen molar-refractivity contribution < 1.29 is 17.9 Å². The van der Waals surface area contributed by atoms with E-state index in [0.29, 0.717) is 23.7 Å². The van der Waals surface area contributed by atoms with E-state index >= 15 is 0 Å². The Morgan fingerprint density at radius 1 is 1.10 bits per heavy atom. The molecule has 1 aliphatic heterocycles. The van der Waals surface area contributed by atoms with Crippen LogP contribution in [0.25, 0.3) is 10.6 Å². The van der Waals surface area contributed by atoms with Gasteiger partial charge in [-0.25, -0.2) is 13.4 Å². The lowest BCUT2D eigenvalue weighted by atomic mass is 10.2. The molecule has 0 spiro atoms. The summed E-state index contributed by atoms with van der Waals surface area (Å²) in [5.74, 6) is 0.591. The van der Waals surface area contributed by atoms with Crippen LogP contribution in [0.2, 0.25) is 0 Å². The molecule has 31 heavy (non-hydrogen) atoms. The molecular formula is C21H23N3O4S3. The first kappa shape index (κ1) is 21.9. The molecule has 1 fully saturated rings. The molecule has 1 saturated heterocycles. The van der Waals surface area contributed by atoms with E-state index in [4.69, 9.17) is 4.74 Å². The van der Waals surface area contributed by atoms with Crippen LogP contribution in [0, 0.1) is 13.8 Å². The third-order valence-corrected chi connectivity index (χ3v) is 9.21. The van der Waals surface area contributed by atoms with Crippen LogP contribution < -0.4 is 4.74 Å². The van der Waals surface area contributed by atoms with Crippen LogP contribution in [0.4, 0.5) is 0 Å². The van der Waals surface area contributed by atoms with Gasteiger partial charge in [0.1, 0.15) is 16.5 Å². The number of thiophene rings is 1. The standard InChI is InChI=1S/C21H23N3O4S3/c1-14-12-19(15(2)30-14)31(26,27)24-10-8-23(9-11-24)21(25)18-13-29-20(22-18)16-4-6-17(28-3)7-5-16/h4-7,12-13H,8-11H2,1-3H3. The molecule has 0 unspecified atom stereocenters. The highest BCUT2D eigenvalue weighted by atomic mass is 32.2. The maximum atomic E-state index is 13.0. The van der Waals surface area contributed by atoms with E-state index in [2.05, 4.69) is 4.98 Å². The fourth-order valence-corrected chi connectivity index (χ4v) is 7.28. The molecule has 1 amide bonds. The minimum absolute atomic E-state index is 0.171. The fourth-order valence-electron chi connectivity index (χ4n) is 3.53. The third-order valence-electron chi connectivity index (χ3n) is 5.20. The van der Waals surface area contributed by atoms with E-state index in [9.17, 15) is 13.2 Å². The van der Waals surface area contributed by atoms with E-state index < -0.39 is 10.0 Å². The summed E-state index contributed by atoms with van der Waals surface area (Å²) in [5.41, 5.74) is 1.30. The Morgan fingerprint density at radius 3 is 2.35 bits per heavy atom. The van der Waals surface area contributed by atoms with Crippen LogP contribution in [-0.2, 0) is 10.0 Å². The number of benzene rings is 1. The van der Waals surface area contributed by atoms with Gasteiger partial charge < -0.3 is 9.64 Å². The van der Waals surface area contributed by atoms with Gasteiger partial charge in [-0.05, 0) is 44.2 Å². The van der Waals surface area contributed by atoms with Gasteiger partial charge >= 0.3 is 0 Å². The monoisotopic (exact) mass is 477 g/mol. The molecule has 3 aromatic rings. The Bertz CT molecular complexity index is 1190. The van der Waals surface area contributed by atoms with Gasteiger partial charge in [-0.3, -0.25) is 4.79 Å². The minimum Gasteiger partial charge on any atom is -0.497 e. The summed E-state index contributed by atoms with van der Waals surface area (Å²) in [6.07, 6.45) is 0. The number of methoxy groups -OCH3 is 1. The average molecular weight is 478 g/mol. The fraction of sp³-hybridized carbons (Fsp3) is 0.333. The summed E-state index contributed by atoms with van der Waals surface area (Å²) in [6.45, 7) is 4.97. The van der Waals surface area contributed by atoms with E-state index in [1.54, 1.807) is 23.5 Å². The van der Waals surface area contributed by atoms with E-state index in [0.717, 1.165) is 26.1 Å². The third kappa shape index (κ3) is 4.38. The second-order valence-electron chi connectivity index (χ2n) is 7.24. The second-order valence-corrected chi connectivity index (χ2v) is 11.5. The number of hydrogen-bond acceptors (Lipinski definition) is 7. The van der Waals surface area contributed by atoms with Crippen molar-refractivity contribution in [3.05, 3.63) is 51.2 Å². The summed E-state index contributed by atoms with van der Waals surface area (Å²) in [7, 11) is -1.93. The zero-order valence-electron chi connectivity index (χ0n) is 17.5. The molecule has 2 aromatic heterocycles. The molecule has 3 heterocycles. The lowest BCUT2D eigenvalue weighted by Gasteiger charge is -2.33. The van der Waals surface area contributed by atoms with E-state index in [1.807, 2.05) is 38.1 Å². The number of aryl methyl sites for hydroxylation is 2. The number of amides is 1. The molecule has 1 aliphatic rings. The highest BCUT2D eigenvalue weighted by molar-refractivity contribution is 7.89. The lowest BCUT2D eigenvalue weighted by Crippen LogP contribution is -2.50. The number of aromatic nitrogens is 1. The second kappa shape index (κ2) is 8.70. The number of rotatable bonds is 5. The molecular weight excluding hydrogens is 454 g/mol. The van der Waals surface area contributed by atoms with Crippen molar-refractivity contribution in [2.45, 2.75) is 18.7 Å². The zero-order valence-corrected chi connectivity index (χ0v) is 19.9. The molecule has 7 nitrogen and oxygen atoms in total. The molecule has 4 rings (SSSR count). The minimum atomic E-state index is -3.54. The highest BCUT2D eigenvalue weighted by Gasteiger charge is 2.32. The van der Waals surface area contributed by atoms with Gasteiger partial charge in [0.2, 0.25) is 10.0 Å². The van der Waals surface area contributed by atoms with Crippen molar-refractivity contribution in [3.8, 4) is 16.3 Å².